The second kappa shape index (κ2) is 4.79. The summed E-state index contributed by atoms with van der Waals surface area (Å²) >= 11 is 0. The summed E-state index contributed by atoms with van der Waals surface area (Å²) in [4.78, 5) is 7.20. The number of aromatic nitrogens is 2. The lowest BCUT2D eigenvalue weighted by Gasteiger charge is -2.06. The lowest BCUT2D eigenvalue weighted by atomic mass is 10.1. The van der Waals surface area contributed by atoms with E-state index in [-0.39, 0.29) is 0 Å². The fourth-order valence-corrected chi connectivity index (χ4v) is 1.83. The zero-order valence-corrected chi connectivity index (χ0v) is 9.76. The number of nitrogens with one attached hydrogen (secondary N) is 1. The number of imidazole rings is 1. The van der Waals surface area contributed by atoms with Crippen molar-refractivity contribution in [3.63, 3.8) is 0 Å². The lowest BCUT2D eigenvalue weighted by Crippen LogP contribution is -2.07. The largest absolute Gasteiger partial charge is 0.384 e. The average Bonchev–Trinajstić information content (AvgIpc) is 2.60. The van der Waals surface area contributed by atoms with Crippen LogP contribution in [-0.4, -0.2) is 23.7 Å². The predicted octanol–water partition coefficient (Wildman–Crippen LogP) is 2.67. The van der Waals surface area contributed by atoms with Crippen molar-refractivity contribution >= 4 is 11.0 Å². The van der Waals surface area contributed by atoms with Crippen molar-refractivity contribution in [2.75, 3.05) is 13.7 Å². The molecule has 1 N–H and O–H groups in total. The summed E-state index contributed by atoms with van der Waals surface area (Å²) in [7, 11) is 1.64. The highest BCUT2D eigenvalue weighted by molar-refractivity contribution is 5.75. The van der Waals surface area contributed by atoms with Crippen molar-refractivity contribution in [3.05, 3.63) is 29.6 Å². The van der Waals surface area contributed by atoms with Crippen LogP contribution in [0.1, 0.15) is 12.7 Å². The first-order valence-electron chi connectivity index (χ1n) is 5.42. The molecule has 0 fully saturated rings. The molecule has 5 heteroatoms. The standard InChI is InChI=1S/C12H14F2N2O/c1-7(6-17-2)3-12-15-10-4-8(13)9(14)5-11(10)16-12/h4-5,7H,3,6H2,1-2H3,(H,15,16). The monoisotopic (exact) mass is 240 g/mol. The molecule has 0 radical (unpaired) electrons. The van der Waals surface area contributed by atoms with Crippen molar-refractivity contribution in [1.82, 2.24) is 9.97 Å². The van der Waals surface area contributed by atoms with Crippen LogP contribution in [0.5, 0.6) is 0 Å². The summed E-state index contributed by atoms with van der Waals surface area (Å²) in [5.41, 5.74) is 0.965. The van der Waals surface area contributed by atoms with Gasteiger partial charge in [0.2, 0.25) is 0 Å². The van der Waals surface area contributed by atoms with Crippen LogP contribution in [0.2, 0.25) is 0 Å². The Morgan fingerprint density at radius 1 is 1.35 bits per heavy atom. The maximum atomic E-state index is 13.0. The summed E-state index contributed by atoms with van der Waals surface area (Å²) in [5.74, 6) is -0.720. The molecule has 2 rings (SSSR count). The number of rotatable bonds is 4. The Balaban J connectivity index is 2.25. The molecule has 2 aromatic rings. The van der Waals surface area contributed by atoms with Crippen molar-refractivity contribution in [1.29, 1.82) is 0 Å². The van der Waals surface area contributed by atoms with Crippen molar-refractivity contribution in [3.8, 4) is 0 Å². The van der Waals surface area contributed by atoms with E-state index in [4.69, 9.17) is 4.74 Å². The maximum absolute atomic E-state index is 13.0. The van der Waals surface area contributed by atoms with Gasteiger partial charge in [0.05, 0.1) is 11.0 Å². The first-order chi connectivity index (χ1) is 8.10. The minimum absolute atomic E-state index is 0.301. The average molecular weight is 240 g/mol. The van der Waals surface area contributed by atoms with Gasteiger partial charge in [-0.2, -0.15) is 0 Å². The number of hydrogen-bond donors (Lipinski definition) is 1. The molecule has 92 valence electrons. The molecule has 0 amide bonds. The molecule has 0 aliphatic heterocycles. The number of H-pyrrole nitrogens is 1. The van der Waals surface area contributed by atoms with Crippen LogP contribution >= 0.6 is 0 Å². The van der Waals surface area contributed by atoms with E-state index in [1.165, 1.54) is 0 Å². The van der Waals surface area contributed by atoms with Gasteiger partial charge in [0.1, 0.15) is 5.82 Å². The Kier molecular flexibility index (Phi) is 3.38. The molecule has 0 bridgehead atoms. The number of hydrogen-bond acceptors (Lipinski definition) is 2. The molecule has 1 aromatic carbocycles. The molecule has 3 nitrogen and oxygen atoms in total. The van der Waals surface area contributed by atoms with E-state index < -0.39 is 11.6 Å². The molecule has 1 heterocycles. The SMILES string of the molecule is COCC(C)Cc1nc2cc(F)c(F)cc2[nH]1. The maximum Gasteiger partial charge on any atom is 0.161 e. The van der Waals surface area contributed by atoms with Gasteiger partial charge in [-0.1, -0.05) is 6.92 Å². The first kappa shape index (κ1) is 12.0. The third-order valence-electron chi connectivity index (χ3n) is 2.57. The van der Waals surface area contributed by atoms with E-state index in [0.29, 0.717) is 30.0 Å². The Morgan fingerprint density at radius 3 is 2.76 bits per heavy atom. The Hall–Kier alpha value is -1.49. The van der Waals surface area contributed by atoms with Crippen molar-refractivity contribution in [2.45, 2.75) is 13.3 Å². The quantitative estimate of drug-likeness (QED) is 0.892. The number of methoxy groups -OCH3 is 1. The number of ether oxygens (including phenoxy) is 1. The van der Waals surface area contributed by atoms with Crippen LogP contribution in [0.25, 0.3) is 11.0 Å². The van der Waals surface area contributed by atoms with Crippen molar-refractivity contribution < 1.29 is 13.5 Å². The van der Waals surface area contributed by atoms with E-state index in [1.807, 2.05) is 6.92 Å². The van der Waals surface area contributed by atoms with E-state index >= 15 is 0 Å². The zero-order valence-electron chi connectivity index (χ0n) is 9.76. The van der Waals surface area contributed by atoms with E-state index in [0.717, 1.165) is 18.0 Å². The Morgan fingerprint density at radius 2 is 2.06 bits per heavy atom. The van der Waals surface area contributed by atoms with Gasteiger partial charge in [-0.15, -0.1) is 0 Å². The summed E-state index contributed by atoms with van der Waals surface area (Å²) < 4.78 is 31.0. The van der Waals surface area contributed by atoms with Crippen LogP contribution < -0.4 is 0 Å². The summed E-state index contributed by atoms with van der Waals surface area (Å²) in [6.07, 6.45) is 0.686. The molecular weight excluding hydrogens is 226 g/mol. The van der Waals surface area contributed by atoms with Gasteiger partial charge in [0.25, 0.3) is 0 Å². The molecular formula is C12H14F2N2O. The normalized spacial score (nSPS) is 13.2. The van der Waals surface area contributed by atoms with E-state index in [9.17, 15) is 8.78 Å². The van der Waals surface area contributed by atoms with E-state index in [1.54, 1.807) is 7.11 Å². The van der Waals surface area contributed by atoms with Crippen LogP contribution in [-0.2, 0) is 11.2 Å². The van der Waals surface area contributed by atoms with Crippen LogP contribution in [0, 0.1) is 17.6 Å². The highest BCUT2D eigenvalue weighted by Gasteiger charge is 2.10. The topological polar surface area (TPSA) is 37.9 Å². The van der Waals surface area contributed by atoms with Gasteiger partial charge in [-0.05, 0) is 5.92 Å². The lowest BCUT2D eigenvalue weighted by molar-refractivity contribution is 0.159. The predicted molar refractivity (Wildman–Crippen MR) is 60.8 cm³/mol. The van der Waals surface area contributed by atoms with Gasteiger partial charge < -0.3 is 9.72 Å². The molecule has 17 heavy (non-hydrogen) atoms. The summed E-state index contributed by atoms with van der Waals surface area (Å²) in [6.45, 7) is 2.65. The number of aromatic amines is 1. The van der Waals surface area contributed by atoms with Crippen molar-refractivity contribution in [2.24, 2.45) is 5.92 Å². The molecule has 1 atom stereocenters. The molecule has 0 aliphatic rings. The van der Waals surface area contributed by atoms with E-state index in [2.05, 4.69) is 9.97 Å². The Labute approximate surface area is 97.8 Å². The van der Waals surface area contributed by atoms with Gasteiger partial charge >= 0.3 is 0 Å². The van der Waals surface area contributed by atoms with Crippen LogP contribution in [0.3, 0.4) is 0 Å². The summed E-state index contributed by atoms with van der Waals surface area (Å²) in [5, 5.41) is 0. The van der Waals surface area contributed by atoms with Gasteiger partial charge in [0.15, 0.2) is 11.6 Å². The fourth-order valence-electron chi connectivity index (χ4n) is 1.83. The second-order valence-corrected chi connectivity index (χ2v) is 4.23. The van der Waals surface area contributed by atoms with Gasteiger partial charge in [-0.25, -0.2) is 13.8 Å². The third-order valence-corrected chi connectivity index (χ3v) is 2.57. The smallest absolute Gasteiger partial charge is 0.161 e. The van der Waals surface area contributed by atoms with Gasteiger partial charge in [-0.3, -0.25) is 0 Å². The molecule has 1 unspecified atom stereocenters. The zero-order chi connectivity index (χ0) is 12.4. The molecule has 0 saturated heterocycles. The highest BCUT2D eigenvalue weighted by atomic mass is 19.2. The molecule has 0 spiro atoms. The number of halogens is 2. The van der Waals surface area contributed by atoms with Crippen LogP contribution in [0.4, 0.5) is 8.78 Å². The molecule has 0 aliphatic carbocycles. The number of benzene rings is 1. The molecule has 0 saturated carbocycles. The van der Waals surface area contributed by atoms with Crippen LogP contribution in [0.15, 0.2) is 12.1 Å². The second-order valence-electron chi connectivity index (χ2n) is 4.23. The minimum Gasteiger partial charge on any atom is -0.384 e. The minimum atomic E-state index is -0.875. The third kappa shape index (κ3) is 2.61. The summed E-state index contributed by atoms with van der Waals surface area (Å²) in [6, 6.07) is 2.23. The van der Waals surface area contributed by atoms with Gasteiger partial charge in [0, 0.05) is 32.3 Å². The fraction of sp³-hybridized carbons (Fsp3) is 0.417. The number of nitrogens with zero attached hydrogens (tertiary/aromatic N) is 1. The first-order valence-corrected chi connectivity index (χ1v) is 5.42. The molecule has 1 aromatic heterocycles. The highest BCUT2D eigenvalue weighted by Crippen LogP contribution is 2.17. The number of fused-ring (bicyclic) bond motifs is 1. The Bertz CT molecular complexity index is 485.